The van der Waals surface area contributed by atoms with E-state index >= 15 is 0 Å². The molecule has 7 rings (SSSR count). The van der Waals surface area contributed by atoms with Crippen molar-refractivity contribution in [2.75, 3.05) is 28.4 Å². The van der Waals surface area contributed by atoms with E-state index in [4.69, 9.17) is 28.5 Å². The Kier molecular flexibility index (Phi) is 9.36. The minimum absolute atomic E-state index is 0.0373. The molecule has 1 amide bonds. The molecule has 0 spiro atoms. The van der Waals surface area contributed by atoms with Crippen molar-refractivity contribution in [3.8, 4) is 34.3 Å². The smallest absolute Gasteiger partial charge is 0.252 e. The lowest BCUT2D eigenvalue weighted by Crippen LogP contribution is -2.31. The summed E-state index contributed by atoms with van der Waals surface area (Å²) in [5.74, 6) is 2.94. The number of fused-ring (bicyclic) bond motifs is 3. The van der Waals surface area contributed by atoms with E-state index in [0.717, 1.165) is 56.1 Å². The molecule has 1 unspecified atom stereocenters. The zero-order chi connectivity index (χ0) is 36.6. The highest BCUT2D eigenvalue weighted by Gasteiger charge is 2.35. The van der Waals surface area contributed by atoms with Crippen molar-refractivity contribution in [1.82, 2.24) is 15.5 Å². The number of hydrogen-bond acceptors (Lipinski definition) is 8. The lowest BCUT2D eigenvalue weighted by Gasteiger charge is -2.37. The van der Waals surface area contributed by atoms with Gasteiger partial charge in [-0.2, -0.15) is 0 Å². The fourth-order valence-electron chi connectivity index (χ4n) is 7.24. The molecule has 1 N–H and O–H groups in total. The highest BCUT2D eigenvalue weighted by Crippen LogP contribution is 2.46. The second kappa shape index (κ2) is 14.1. The van der Waals surface area contributed by atoms with Crippen molar-refractivity contribution in [3.63, 3.8) is 0 Å². The van der Waals surface area contributed by atoms with Crippen molar-refractivity contribution in [2.45, 2.75) is 40.2 Å². The largest absolute Gasteiger partial charge is 0.496 e. The van der Waals surface area contributed by atoms with E-state index in [1.165, 1.54) is 0 Å². The van der Waals surface area contributed by atoms with Gasteiger partial charge in [-0.1, -0.05) is 74.5 Å². The predicted molar refractivity (Wildman–Crippen MR) is 204 cm³/mol. The number of pyridine rings is 1. The molecule has 0 saturated heterocycles. The molecule has 2 aromatic heterocycles. The number of nitrogens with one attached hydrogen (secondary N) is 1. The van der Waals surface area contributed by atoms with Crippen molar-refractivity contribution < 1.29 is 28.3 Å². The number of aromatic nitrogens is 2. The number of benzene rings is 4. The van der Waals surface area contributed by atoms with Crippen LogP contribution in [0.3, 0.4) is 0 Å². The third-order valence-corrected chi connectivity index (χ3v) is 10.0. The molecule has 9 nitrogen and oxygen atoms in total. The minimum Gasteiger partial charge on any atom is -0.496 e. The average molecular weight is 698 g/mol. The molecule has 52 heavy (non-hydrogen) atoms. The van der Waals surface area contributed by atoms with Gasteiger partial charge in [0.2, 0.25) is 5.75 Å². The third kappa shape index (κ3) is 6.43. The highest BCUT2D eigenvalue weighted by molar-refractivity contribution is 6.09. The first kappa shape index (κ1) is 34.6. The summed E-state index contributed by atoms with van der Waals surface area (Å²) < 4.78 is 28.4. The quantitative estimate of drug-likeness (QED) is 0.160. The van der Waals surface area contributed by atoms with Gasteiger partial charge >= 0.3 is 0 Å². The molecule has 1 aliphatic carbocycles. The van der Waals surface area contributed by atoms with Crippen LogP contribution in [0.15, 0.2) is 83.4 Å². The van der Waals surface area contributed by atoms with E-state index in [2.05, 4.69) is 43.4 Å². The average Bonchev–Trinajstić information content (AvgIpc) is 3.63. The molecular weight excluding hydrogens is 654 g/mol. The first-order chi connectivity index (χ1) is 25.1. The standard InChI is InChI=1S/C43H43N3O6/c1-43(2,3)28-21-27(18-25-19-36(49-5)41(51-7)37(20-25)50-6)40-32(22-28)38(31-14-10-11-15-33(31)45-40)42(47)44-24-29-23-34(46-52-29)39-30-13-9-8-12-26(30)16-17-35(39)48-4/h8-20,23,28H,21-22,24H2,1-7H3,(H,44,47)/b27-18-. The maximum atomic E-state index is 14.4. The molecule has 9 heteroatoms. The van der Waals surface area contributed by atoms with Crippen molar-refractivity contribution in [1.29, 1.82) is 0 Å². The van der Waals surface area contributed by atoms with Gasteiger partial charge in [0, 0.05) is 11.5 Å². The number of carbonyl (C=O) groups is 1. The lowest BCUT2D eigenvalue weighted by atomic mass is 9.69. The molecule has 2 heterocycles. The lowest BCUT2D eigenvalue weighted by molar-refractivity contribution is 0.0946. The monoisotopic (exact) mass is 697 g/mol. The van der Waals surface area contributed by atoms with E-state index < -0.39 is 0 Å². The molecule has 0 aliphatic heterocycles. The summed E-state index contributed by atoms with van der Waals surface area (Å²) in [7, 11) is 6.45. The Hall–Kier alpha value is -5.83. The summed E-state index contributed by atoms with van der Waals surface area (Å²) in [5, 5.41) is 10.4. The molecule has 1 aliphatic rings. The van der Waals surface area contributed by atoms with Gasteiger partial charge < -0.3 is 28.8 Å². The van der Waals surface area contributed by atoms with Crippen LogP contribution in [0.25, 0.3) is 44.6 Å². The van der Waals surface area contributed by atoms with E-state index in [9.17, 15) is 4.79 Å². The predicted octanol–water partition coefficient (Wildman–Crippen LogP) is 9.16. The summed E-state index contributed by atoms with van der Waals surface area (Å²) in [6, 6.07) is 25.6. The zero-order valence-electron chi connectivity index (χ0n) is 30.6. The van der Waals surface area contributed by atoms with Gasteiger partial charge in [-0.05, 0) is 82.0 Å². The molecule has 0 bridgehead atoms. The molecule has 0 radical (unpaired) electrons. The van der Waals surface area contributed by atoms with E-state index in [1.54, 1.807) is 28.4 Å². The fraction of sp³-hybridized carbons (Fsp3) is 0.279. The number of carbonyl (C=O) groups excluding carboxylic acids is 1. The second-order valence-electron chi connectivity index (χ2n) is 14.2. The topological polar surface area (TPSA) is 105 Å². The van der Waals surface area contributed by atoms with Crippen LogP contribution in [0.5, 0.6) is 23.0 Å². The number of allylic oxidation sites excluding steroid dienone is 1. The van der Waals surface area contributed by atoms with Crippen LogP contribution in [0, 0.1) is 11.3 Å². The molecule has 266 valence electrons. The SMILES string of the molecule is COc1cc(/C=C2/CC(C(C)(C)C)Cc3c2nc2ccccc2c3C(=O)NCc2cc(-c3c(OC)ccc4ccccc34)no2)cc(OC)c1OC. The van der Waals surface area contributed by atoms with Crippen LogP contribution in [-0.4, -0.2) is 44.5 Å². The number of ether oxygens (including phenoxy) is 4. The number of methoxy groups -OCH3 is 4. The van der Waals surface area contributed by atoms with Crippen LogP contribution in [0.1, 0.15) is 60.1 Å². The Morgan fingerprint density at radius 3 is 2.23 bits per heavy atom. The van der Waals surface area contributed by atoms with Crippen molar-refractivity contribution in [3.05, 3.63) is 107 Å². The van der Waals surface area contributed by atoms with Gasteiger partial charge in [-0.25, -0.2) is 4.98 Å². The van der Waals surface area contributed by atoms with Gasteiger partial charge in [0.15, 0.2) is 17.3 Å². The molecule has 1 atom stereocenters. The Bertz CT molecular complexity index is 2310. The van der Waals surface area contributed by atoms with Gasteiger partial charge in [-0.3, -0.25) is 4.79 Å². The third-order valence-electron chi connectivity index (χ3n) is 10.0. The van der Waals surface area contributed by atoms with E-state index in [-0.39, 0.29) is 23.8 Å². The second-order valence-corrected chi connectivity index (χ2v) is 14.2. The summed E-state index contributed by atoms with van der Waals surface area (Å²) in [4.78, 5) is 19.6. The Labute approximate surface area is 303 Å². The summed E-state index contributed by atoms with van der Waals surface area (Å²) in [6.45, 7) is 6.91. The highest BCUT2D eigenvalue weighted by atomic mass is 16.5. The summed E-state index contributed by atoms with van der Waals surface area (Å²) >= 11 is 0. The van der Waals surface area contributed by atoms with Crippen LogP contribution in [0.2, 0.25) is 0 Å². The molecular formula is C43H43N3O6. The number of amides is 1. The Morgan fingerprint density at radius 1 is 0.846 bits per heavy atom. The number of rotatable bonds is 9. The molecule has 0 fully saturated rings. The van der Waals surface area contributed by atoms with Gasteiger partial charge in [-0.15, -0.1) is 0 Å². The summed E-state index contributed by atoms with van der Waals surface area (Å²) in [6.07, 6.45) is 3.62. The zero-order valence-corrected chi connectivity index (χ0v) is 30.6. The van der Waals surface area contributed by atoms with Crippen molar-refractivity contribution >= 4 is 39.2 Å². The molecule has 6 aromatic rings. The Morgan fingerprint density at radius 2 is 1.54 bits per heavy atom. The minimum atomic E-state index is -0.197. The maximum absolute atomic E-state index is 14.4. The van der Waals surface area contributed by atoms with E-state index in [0.29, 0.717) is 46.4 Å². The summed E-state index contributed by atoms with van der Waals surface area (Å²) in [5.41, 5.74) is 6.50. The number of para-hydroxylation sites is 1. The van der Waals surface area contributed by atoms with Crippen LogP contribution >= 0.6 is 0 Å². The maximum Gasteiger partial charge on any atom is 0.252 e. The van der Waals surface area contributed by atoms with Crippen molar-refractivity contribution in [2.24, 2.45) is 11.3 Å². The molecule has 4 aromatic carbocycles. The number of nitrogens with zero attached hydrogens (tertiary/aromatic N) is 2. The van der Waals surface area contributed by atoms with Gasteiger partial charge in [0.25, 0.3) is 5.91 Å². The molecule has 0 saturated carbocycles. The van der Waals surface area contributed by atoms with E-state index in [1.807, 2.05) is 72.8 Å². The fourth-order valence-corrected chi connectivity index (χ4v) is 7.24. The first-order valence-corrected chi connectivity index (χ1v) is 17.4. The number of hydrogen-bond donors (Lipinski definition) is 1. The van der Waals surface area contributed by atoms with Gasteiger partial charge in [0.1, 0.15) is 11.4 Å². The van der Waals surface area contributed by atoms with Crippen LogP contribution < -0.4 is 24.3 Å². The van der Waals surface area contributed by atoms with Crippen LogP contribution in [-0.2, 0) is 13.0 Å². The first-order valence-electron chi connectivity index (χ1n) is 17.4. The normalized spacial score (nSPS) is 15.1. The van der Waals surface area contributed by atoms with Crippen LogP contribution in [0.4, 0.5) is 0 Å². The van der Waals surface area contributed by atoms with Gasteiger partial charge in [0.05, 0.1) is 57.3 Å². The Balaban J connectivity index is 1.28.